The second kappa shape index (κ2) is 8.88. The molecule has 0 aliphatic carbocycles. The lowest BCUT2D eigenvalue weighted by Crippen LogP contribution is -2.52. The number of aryl methyl sites for hydroxylation is 2. The summed E-state index contributed by atoms with van der Waals surface area (Å²) in [6, 6.07) is 6.71. The highest BCUT2D eigenvalue weighted by molar-refractivity contribution is 5.80. The Balaban J connectivity index is 1.58. The fourth-order valence-electron chi connectivity index (χ4n) is 3.39. The van der Waals surface area contributed by atoms with Crippen LogP contribution in [0.4, 0.5) is 10.1 Å². The van der Waals surface area contributed by atoms with E-state index in [4.69, 9.17) is 9.52 Å². The van der Waals surface area contributed by atoms with E-state index in [0.717, 1.165) is 67.8 Å². The number of benzene rings is 1. The first-order valence-electron chi connectivity index (χ1n) is 9.54. The van der Waals surface area contributed by atoms with E-state index in [1.165, 1.54) is 12.1 Å². The van der Waals surface area contributed by atoms with Crippen molar-refractivity contribution >= 4 is 11.6 Å². The normalized spacial score (nSPS) is 15.3. The molecular formula is C20H28FN5O. The summed E-state index contributed by atoms with van der Waals surface area (Å²) in [4.78, 5) is 9.37. The van der Waals surface area contributed by atoms with Crippen molar-refractivity contribution in [2.45, 2.75) is 27.2 Å². The summed E-state index contributed by atoms with van der Waals surface area (Å²) in [5.74, 6) is 1.63. The molecule has 1 aromatic carbocycles. The van der Waals surface area contributed by atoms with Crippen molar-refractivity contribution in [3.63, 3.8) is 0 Å². The number of halogens is 1. The topological polar surface area (TPSA) is 56.9 Å². The summed E-state index contributed by atoms with van der Waals surface area (Å²) in [5, 5.41) is 7.40. The highest BCUT2D eigenvalue weighted by Crippen LogP contribution is 2.17. The highest BCUT2D eigenvalue weighted by Gasteiger charge is 2.20. The molecule has 0 spiro atoms. The van der Waals surface area contributed by atoms with Gasteiger partial charge in [0.15, 0.2) is 5.96 Å². The fraction of sp³-hybridized carbons (Fsp3) is 0.500. The van der Waals surface area contributed by atoms with E-state index in [0.29, 0.717) is 6.54 Å². The molecule has 1 aliphatic heterocycles. The van der Waals surface area contributed by atoms with Crippen LogP contribution in [-0.4, -0.2) is 55.3 Å². The van der Waals surface area contributed by atoms with Gasteiger partial charge in [0.2, 0.25) is 0 Å². The molecule has 0 radical (unpaired) electrons. The molecule has 27 heavy (non-hydrogen) atoms. The molecule has 0 amide bonds. The summed E-state index contributed by atoms with van der Waals surface area (Å²) in [7, 11) is 0. The summed E-state index contributed by atoms with van der Waals surface area (Å²) < 4.78 is 18.3. The van der Waals surface area contributed by atoms with Gasteiger partial charge in [-0.2, -0.15) is 0 Å². The van der Waals surface area contributed by atoms with Crippen LogP contribution in [0, 0.1) is 19.7 Å². The number of piperazine rings is 1. The predicted octanol–water partition coefficient (Wildman–Crippen LogP) is 2.76. The molecule has 7 heteroatoms. The Labute approximate surface area is 160 Å². The SMILES string of the molecule is CCNC(=NCCc1c(C)noc1C)N1CCN(c2ccc(F)cc2)CC1. The number of nitrogens with zero attached hydrogens (tertiary/aromatic N) is 4. The van der Waals surface area contributed by atoms with Gasteiger partial charge in [-0.1, -0.05) is 5.16 Å². The lowest BCUT2D eigenvalue weighted by atomic mass is 10.1. The first kappa shape index (κ1) is 19.2. The van der Waals surface area contributed by atoms with Crippen LogP contribution in [0.5, 0.6) is 0 Å². The Morgan fingerprint density at radius 3 is 2.48 bits per heavy atom. The molecule has 1 aliphatic rings. The van der Waals surface area contributed by atoms with Gasteiger partial charge >= 0.3 is 0 Å². The van der Waals surface area contributed by atoms with Crippen LogP contribution in [0.1, 0.15) is 23.9 Å². The zero-order valence-electron chi connectivity index (χ0n) is 16.3. The van der Waals surface area contributed by atoms with Crippen molar-refractivity contribution in [3.05, 3.63) is 47.1 Å². The second-order valence-electron chi connectivity index (χ2n) is 6.74. The number of aromatic nitrogens is 1. The van der Waals surface area contributed by atoms with Crippen molar-refractivity contribution in [1.29, 1.82) is 0 Å². The average Bonchev–Trinajstić information content (AvgIpc) is 3.00. The molecule has 1 fully saturated rings. The molecule has 0 atom stereocenters. The minimum atomic E-state index is -0.197. The highest BCUT2D eigenvalue weighted by atomic mass is 19.1. The zero-order chi connectivity index (χ0) is 19.2. The smallest absolute Gasteiger partial charge is 0.194 e. The first-order valence-corrected chi connectivity index (χ1v) is 9.54. The fourth-order valence-corrected chi connectivity index (χ4v) is 3.39. The van der Waals surface area contributed by atoms with Gasteiger partial charge < -0.3 is 19.6 Å². The summed E-state index contributed by atoms with van der Waals surface area (Å²) in [6.45, 7) is 11.1. The van der Waals surface area contributed by atoms with Gasteiger partial charge in [-0.3, -0.25) is 4.99 Å². The Kier molecular flexibility index (Phi) is 6.32. The van der Waals surface area contributed by atoms with E-state index >= 15 is 0 Å². The molecule has 146 valence electrons. The van der Waals surface area contributed by atoms with Gasteiger partial charge in [0.05, 0.1) is 5.69 Å². The number of aliphatic imine (C=N–C) groups is 1. The van der Waals surface area contributed by atoms with Crippen molar-refractivity contribution in [2.24, 2.45) is 4.99 Å². The van der Waals surface area contributed by atoms with Gasteiger partial charge in [-0.05, 0) is 51.5 Å². The summed E-state index contributed by atoms with van der Waals surface area (Å²) >= 11 is 0. The molecule has 0 bridgehead atoms. The Morgan fingerprint density at radius 2 is 1.89 bits per heavy atom. The maximum absolute atomic E-state index is 13.1. The number of guanidine groups is 1. The Hall–Kier alpha value is -2.57. The lowest BCUT2D eigenvalue weighted by molar-refractivity contribution is 0.372. The van der Waals surface area contributed by atoms with E-state index in [2.05, 4.69) is 27.2 Å². The van der Waals surface area contributed by atoms with Crippen molar-refractivity contribution in [3.8, 4) is 0 Å². The predicted molar refractivity (Wildman–Crippen MR) is 106 cm³/mol. The standard InChI is InChI=1S/C20H28FN5O/c1-4-22-20(23-10-9-19-15(2)24-27-16(19)3)26-13-11-25(12-14-26)18-7-5-17(21)6-8-18/h5-8H,4,9-14H2,1-3H3,(H,22,23). The molecule has 1 saturated heterocycles. The molecule has 2 aromatic rings. The largest absolute Gasteiger partial charge is 0.368 e. The molecule has 1 aromatic heterocycles. The molecular weight excluding hydrogens is 345 g/mol. The molecule has 6 nitrogen and oxygen atoms in total. The summed E-state index contributed by atoms with van der Waals surface area (Å²) in [5.41, 5.74) is 3.16. The van der Waals surface area contributed by atoms with Crippen LogP contribution < -0.4 is 10.2 Å². The van der Waals surface area contributed by atoms with Crippen LogP contribution in [0.15, 0.2) is 33.8 Å². The molecule has 0 saturated carbocycles. The third-order valence-corrected chi connectivity index (χ3v) is 4.91. The van der Waals surface area contributed by atoms with Crippen molar-refractivity contribution < 1.29 is 8.91 Å². The minimum Gasteiger partial charge on any atom is -0.368 e. The van der Waals surface area contributed by atoms with Gasteiger partial charge in [-0.15, -0.1) is 0 Å². The maximum Gasteiger partial charge on any atom is 0.194 e. The van der Waals surface area contributed by atoms with Crippen LogP contribution in [0.25, 0.3) is 0 Å². The summed E-state index contributed by atoms with van der Waals surface area (Å²) in [6.07, 6.45) is 0.825. The number of hydrogen-bond donors (Lipinski definition) is 1. The third kappa shape index (κ3) is 4.78. The van der Waals surface area contributed by atoms with E-state index in [9.17, 15) is 4.39 Å². The van der Waals surface area contributed by atoms with Gasteiger partial charge in [0.25, 0.3) is 0 Å². The zero-order valence-corrected chi connectivity index (χ0v) is 16.3. The van der Waals surface area contributed by atoms with Gasteiger partial charge in [0.1, 0.15) is 11.6 Å². The monoisotopic (exact) mass is 373 g/mol. The van der Waals surface area contributed by atoms with E-state index < -0.39 is 0 Å². The number of nitrogens with one attached hydrogen (secondary N) is 1. The number of hydrogen-bond acceptors (Lipinski definition) is 4. The Bertz CT molecular complexity index is 744. The lowest BCUT2D eigenvalue weighted by Gasteiger charge is -2.37. The van der Waals surface area contributed by atoms with Crippen LogP contribution in [-0.2, 0) is 6.42 Å². The molecule has 1 N–H and O–H groups in total. The molecule has 3 rings (SSSR count). The van der Waals surface area contributed by atoms with Crippen LogP contribution >= 0.6 is 0 Å². The van der Waals surface area contributed by atoms with Crippen LogP contribution in [0.2, 0.25) is 0 Å². The Morgan fingerprint density at radius 1 is 1.19 bits per heavy atom. The third-order valence-electron chi connectivity index (χ3n) is 4.91. The van der Waals surface area contributed by atoms with Crippen molar-refractivity contribution in [2.75, 3.05) is 44.2 Å². The number of rotatable bonds is 5. The van der Waals surface area contributed by atoms with E-state index in [-0.39, 0.29) is 5.82 Å². The first-order chi connectivity index (χ1) is 13.1. The van der Waals surface area contributed by atoms with Gasteiger partial charge in [-0.25, -0.2) is 4.39 Å². The second-order valence-corrected chi connectivity index (χ2v) is 6.74. The van der Waals surface area contributed by atoms with Crippen molar-refractivity contribution in [1.82, 2.24) is 15.4 Å². The van der Waals surface area contributed by atoms with Crippen LogP contribution in [0.3, 0.4) is 0 Å². The number of anilines is 1. The molecule has 2 heterocycles. The minimum absolute atomic E-state index is 0.197. The quantitative estimate of drug-likeness (QED) is 0.645. The van der Waals surface area contributed by atoms with E-state index in [1.54, 1.807) is 0 Å². The van der Waals surface area contributed by atoms with E-state index in [1.807, 2.05) is 26.0 Å². The molecule has 0 unspecified atom stereocenters. The maximum atomic E-state index is 13.1. The average molecular weight is 373 g/mol. The van der Waals surface area contributed by atoms with Gasteiger partial charge in [0, 0.05) is 50.5 Å².